The van der Waals surface area contributed by atoms with Gasteiger partial charge in [-0.15, -0.1) is 0 Å². The number of imidazole rings is 2. The molecular formula is C40H44N10O9. The Morgan fingerprint density at radius 3 is 2.25 bits per heavy atom. The van der Waals surface area contributed by atoms with E-state index in [0.717, 1.165) is 21.3 Å². The first kappa shape index (κ1) is 39.0. The highest BCUT2D eigenvalue weighted by Gasteiger charge is 2.46. The lowest BCUT2D eigenvalue weighted by atomic mass is 9.91. The Balaban J connectivity index is 1.10. The van der Waals surface area contributed by atoms with Crippen molar-refractivity contribution in [2.75, 3.05) is 29.9 Å². The molecule has 0 bridgehead atoms. The minimum atomic E-state index is -1.48. The molecule has 6 aromatic rings. The highest BCUT2D eigenvalue weighted by atomic mass is 16.3. The molecule has 1 aliphatic heterocycles. The molecule has 19 nitrogen and oxygen atoms in total. The number of rotatable bonds is 12. The Labute approximate surface area is 335 Å². The minimum Gasteiger partial charge on any atom is -0.508 e. The van der Waals surface area contributed by atoms with Crippen molar-refractivity contribution in [1.82, 2.24) is 39.7 Å². The zero-order valence-electron chi connectivity index (χ0n) is 31.5. The van der Waals surface area contributed by atoms with E-state index < -0.39 is 42.5 Å². The Kier molecular flexibility index (Phi) is 10.7. The van der Waals surface area contributed by atoms with Gasteiger partial charge < -0.3 is 66.1 Å². The number of nitrogens with zero attached hydrogens (tertiary/aromatic N) is 6. The van der Waals surface area contributed by atoms with Gasteiger partial charge in [-0.3, -0.25) is 4.57 Å². The quantitative estimate of drug-likeness (QED) is 0.0843. The normalized spacial score (nSPS) is 20.4. The zero-order chi connectivity index (χ0) is 41.4. The van der Waals surface area contributed by atoms with Gasteiger partial charge in [-0.25, -0.2) is 14.6 Å². The number of aromatic amines is 1. The number of carbonyl (C=O) groups excluding carboxylic acids is 1. The van der Waals surface area contributed by atoms with Crippen molar-refractivity contribution in [3.63, 3.8) is 0 Å². The lowest BCUT2D eigenvalue weighted by molar-refractivity contribution is 0.00758. The predicted molar refractivity (Wildman–Crippen MR) is 213 cm³/mol. The Morgan fingerprint density at radius 2 is 1.59 bits per heavy atom. The van der Waals surface area contributed by atoms with Crippen LogP contribution < -0.4 is 26.5 Å². The highest BCUT2D eigenvalue weighted by molar-refractivity contribution is 5.84. The van der Waals surface area contributed by atoms with E-state index in [2.05, 4.69) is 25.9 Å². The molecule has 0 radical (unpaired) electrons. The summed E-state index contributed by atoms with van der Waals surface area (Å²) in [5, 5.41) is 82.0. The van der Waals surface area contributed by atoms with Gasteiger partial charge in [0.2, 0.25) is 11.8 Å². The summed E-state index contributed by atoms with van der Waals surface area (Å²) in [6.07, 6.45) is -0.865. The number of fused-ring (bicyclic) bond motifs is 1. The van der Waals surface area contributed by atoms with E-state index in [9.17, 15) is 45.3 Å². The molecule has 11 N–H and O–H groups in total. The molecule has 2 aliphatic rings. The number of aromatic hydroxyl groups is 4. The van der Waals surface area contributed by atoms with Gasteiger partial charge in [0.25, 0.3) is 0 Å². The lowest BCUT2D eigenvalue weighted by Gasteiger charge is -2.22. The molecule has 59 heavy (non-hydrogen) atoms. The van der Waals surface area contributed by atoms with Gasteiger partial charge in [-0.1, -0.05) is 36.4 Å². The van der Waals surface area contributed by atoms with E-state index in [0.29, 0.717) is 42.4 Å². The topological polar surface area (TPSA) is 279 Å². The maximum atomic E-state index is 12.9. The number of hydrogen-bond donors (Lipinski definition) is 11. The summed E-state index contributed by atoms with van der Waals surface area (Å²) in [4.78, 5) is 44.4. The minimum absolute atomic E-state index is 0.0106. The Morgan fingerprint density at radius 1 is 0.898 bits per heavy atom. The fourth-order valence-electron chi connectivity index (χ4n) is 8.02. The number of phenols is 3. The summed E-state index contributed by atoms with van der Waals surface area (Å²) in [5.41, 5.74) is 2.26. The van der Waals surface area contributed by atoms with Gasteiger partial charge >= 0.3 is 11.7 Å². The average Bonchev–Trinajstić information content (AvgIpc) is 4.00. The molecule has 308 valence electrons. The highest BCUT2D eigenvalue weighted by Crippen LogP contribution is 2.42. The maximum absolute atomic E-state index is 12.9. The summed E-state index contributed by atoms with van der Waals surface area (Å²) < 4.78 is 2.54. The molecule has 0 unspecified atom stereocenters. The number of urea groups is 1. The van der Waals surface area contributed by atoms with Gasteiger partial charge in [0.1, 0.15) is 35.2 Å². The van der Waals surface area contributed by atoms with Crippen molar-refractivity contribution in [2.24, 2.45) is 0 Å². The molecule has 1 saturated carbocycles. The van der Waals surface area contributed by atoms with Gasteiger partial charge in [0.15, 0.2) is 17.0 Å². The fraction of sp³-hybridized carbons (Fsp3) is 0.325. The van der Waals surface area contributed by atoms with Crippen LogP contribution in [0, 0.1) is 0 Å². The number of benzene rings is 3. The van der Waals surface area contributed by atoms with Crippen molar-refractivity contribution < 1.29 is 40.5 Å². The van der Waals surface area contributed by atoms with Crippen molar-refractivity contribution in [3.8, 4) is 23.1 Å². The third kappa shape index (κ3) is 7.90. The van der Waals surface area contributed by atoms with Crippen molar-refractivity contribution in [3.05, 3.63) is 112 Å². The van der Waals surface area contributed by atoms with E-state index in [4.69, 9.17) is 9.97 Å². The van der Waals surface area contributed by atoms with Gasteiger partial charge in [-0.2, -0.15) is 9.97 Å². The summed E-state index contributed by atoms with van der Waals surface area (Å²) in [6.45, 7) is 0.705. The van der Waals surface area contributed by atoms with Crippen molar-refractivity contribution >= 4 is 29.0 Å². The SMILES string of the molecule is O=C(NCc1cccc(O)c1)N[C@@H]1CCN(c2nc(NCC(c3ccc(O)cc3)c3ccc(O)cc3)c3ncn([C@@H]4C[C@H](n5c(O)c(CO)[nH]c5=O)[C@@H](O)[C@H]4O)c3n2)C1. The molecule has 19 heteroatoms. The smallest absolute Gasteiger partial charge is 0.329 e. The number of carbonyl (C=O) groups is 1. The molecule has 5 atom stereocenters. The van der Waals surface area contributed by atoms with Crippen LogP contribution in [0.15, 0.2) is 83.9 Å². The van der Waals surface area contributed by atoms with Crippen LogP contribution >= 0.6 is 0 Å². The monoisotopic (exact) mass is 808 g/mol. The van der Waals surface area contributed by atoms with Crippen LogP contribution in [0.5, 0.6) is 23.1 Å². The van der Waals surface area contributed by atoms with Crippen LogP contribution in [0.2, 0.25) is 0 Å². The number of aliphatic hydroxyl groups excluding tert-OH is 3. The summed E-state index contributed by atoms with van der Waals surface area (Å²) in [5.74, 6) is 0.149. The first-order valence-electron chi connectivity index (χ1n) is 19.1. The van der Waals surface area contributed by atoms with Crippen LogP contribution in [0.25, 0.3) is 11.2 Å². The van der Waals surface area contributed by atoms with Crippen LogP contribution in [0.4, 0.5) is 16.6 Å². The van der Waals surface area contributed by atoms with E-state index in [-0.39, 0.29) is 60.4 Å². The number of aromatic nitrogens is 6. The molecule has 8 rings (SSSR count). The predicted octanol–water partition coefficient (Wildman–Crippen LogP) is 1.86. The van der Waals surface area contributed by atoms with Crippen molar-refractivity contribution in [2.45, 2.75) is 62.2 Å². The zero-order valence-corrected chi connectivity index (χ0v) is 31.5. The molecule has 3 aromatic carbocycles. The third-order valence-corrected chi connectivity index (χ3v) is 11.1. The summed E-state index contributed by atoms with van der Waals surface area (Å²) in [6, 6.07) is 17.6. The Bertz CT molecular complexity index is 2460. The first-order valence-corrected chi connectivity index (χ1v) is 19.1. The molecule has 0 spiro atoms. The molecule has 2 amide bonds. The number of aliphatic hydroxyl groups is 3. The standard InChI is InChI=1S/C40H44N10O9/c51-19-29-37(57)50(40(59)45-29)31-15-30(33(55)34(31)56)49-20-43-32-35(41-17-28(22-4-8-25(52)9-5-22)23-6-10-26(53)11-7-23)46-38(47-36(32)49)48-13-12-24(18-48)44-39(58)42-16-21-2-1-3-27(54)14-21/h1-11,14,20,24,28,30-31,33-34,51-57H,12-13,15-19H2,(H,45,59)(H,41,46,47)(H2,42,44,58)/t24-,30-,31+,33+,34-/m1/s1. The molecule has 4 heterocycles. The maximum Gasteiger partial charge on any atom is 0.329 e. The number of anilines is 2. The number of hydrogen-bond acceptors (Lipinski definition) is 14. The second-order valence-electron chi connectivity index (χ2n) is 14.9. The van der Waals surface area contributed by atoms with Gasteiger partial charge in [0, 0.05) is 38.1 Å². The molecular weight excluding hydrogens is 765 g/mol. The van der Waals surface area contributed by atoms with Crippen LogP contribution in [0.1, 0.15) is 53.2 Å². The number of H-pyrrole nitrogens is 1. The van der Waals surface area contributed by atoms with Crippen LogP contribution in [-0.2, 0) is 13.2 Å². The number of phenolic OH excluding ortho intramolecular Hbond substituents is 3. The van der Waals surface area contributed by atoms with Crippen molar-refractivity contribution in [1.29, 1.82) is 0 Å². The lowest BCUT2D eigenvalue weighted by Crippen LogP contribution is -2.43. The van der Waals surface area contributed by atoms with E-state index >= 15 is 0 Å². The average molecular weight is 809 g/mol. The summed E-state index contributed by atoms with van der Waals surface area (Å²) >= 11 is 0. The second-order valence-corrected chi connectivity index (χ2v) is 14.9. The molecule has 3 aromatic heterocycles. The number of nitrogens with one attached hydrogen (secondary N) is 4. The third-order valence-electron chi connectivity index (χ3n) is 11.1. The van der Waals surface area contributed by atoms with Crippen LogP contribution in [0.3, 0.4) is 0 Å². The molecule has 2 fully saturated rings. The van der Waals surface area contributed by atoms with E-state index in [1.807, 2.05) is 29.2 Å². The van der Waals surface area contributed by atoms with Gasteiger partial charge in [0.05, 0.1) is 25.0 Å². The fourth-order valence-corrected chi connectivity index (χ4v) is 8.02. The summed E-state index contributed by atoms with van der Waals surface area (Å²) in [7, 11) is 0. The Hall–Kier alpha value is -6.83. The van der Waals surface area contributed by atoms with E-state index in [1.165, 1.54) is 6.33 Å². The first-order chi connectivity index (χ1) is 28.5. The van der Waals surface area contributed by atoms with E-state index in [1.54, 1.807) is 53.1 Å². The second kappa shape index (κ2) is 16.2. The van der Waals surface area contributed by atoms with Crippen LogP contribution in [-0.4, -0.2) is 109 Å². The largest absolute Gasteiger partial charge is 0.508 e. The number of amides is 2. The molecule has 1 aliphatic carbocycles. The van der Waals surface area contributed by atoms with Gasteiger partial charge in [-0.05, 0) is 65.9 Å². The molecule has 1 saturated heterocycles.